The number of benzene rings is 2. The van der Waals surface area contributed by atoms with Crippen molar-refractivity contribution in [1.82, 2.24) is 65.1 Å². The largest absolute Gasteiger partial charge is 3.00 e. The van der Waals surface area contributed by atoms with Crippen LogP contribution in [0.2, 0.25) is 0 Å². The standard InChI is InChI=1S/C17H14F3N5.C13H5F6N6.2C10H9FN2.2Ir/c1-16(2,3)15-21-8-10(9-22-15)11-5-4-6-12(23-11)13-7-14(25-24-13)17(18,19)20;14-12(15,16)6-4-20-9(21-5-6)7-2-1-3-8(22-7)10-23-11(25-24-10)13(17,18)19;2*1-12-6-7-13(8-12)10-4-2-9(11)3-5-10;;/h4-8H,1-3H3;1-5H;2*2-4,6-8H,1H3;;/q-2;-1;2*-2;;+3. The molecule has 0 saturated carbocycles. The molecule has 78 heavy (non-hydrogen) atoms. The zero-order valence-corrected chi connectivity index (χ0v) is 45.5. The number of hydrogen-bond donors (Lipinski definition) is 0. The van der Waals surface area contributed by atoms with E-state index in [1.165, 1.54) is 42.5 Å². The van der Waals surface area contributed by atoms with Crippen molar-refractivity contribution < 1.29 is 88.5 Å². The van der Waals surface area contributed by atoms with Crippen molar-refractivity contribution in [2.45, 2.75) is 44.7 Å². The molecule has 0 saturated heterocycles. The molecular weight excluding hydrogens is 1400 g/mol. The van der Waals surface area contributed by atoms with E-state index in [1.54, 1.807) is 36.5 Å². The summed E-state index contributed by atoms with van der Waals surface area (Å²) in [6, 6.07) is 24.5. The minimum Gasteiger partial charge on any atom is -0.573 e. The molecule has 0 N–H and O–H groups in total. The smallest absolute Gasteiger partial charge is 0.573 e. The van der Waals surface area contributed by atoms with Crippen molar-refractivity contribution in [2.24, 2.45) is 0 Å². The Morgan fingerprint density at radius 1 is 0.564 bits per heavy atom. The van der Waals surface area contributed by atoms with Crippen molar-refractivity contribution in [1.29, 1.82) is 0 Å². The molecule has 2 aliphatic rings. The Labute approximate surface area is 465 Å². The second-order valence-corrected chi connectivity index (χ2v) is 16.9. The van der Waals surface area contributed by atoms with Gasteiger partial charge in [0.25, 0.3) is 0 Å². The molecule has 28 heteroatoms. The third-order valence-electron chi connectivity index (χ3n) is 9.89. The Balaban J connectivity index is 0.000000198. The number of rotatable bonds is 6. The minimum atomic E-state index is -4.75. The van der Waals surface area contributed by atoms with Gasteiger partial charge in [-0.1, -0.05) is 56.4 Å². The number of anilines is 2. The van der Waals surface area contributed by atoms with Crippen molar-refractivity contribution in [2.75, 3.05) is 23.9 Å². The number of alkyl halides is 9. The molecule has 6 aromatic heterocycles. The summed E-state index contributed by atoms with van der Waals surface area (Å²) in [5, 5.41) is 12.9. The van der Waals surface area contributed by atoms with Gasteiger partial charge in [0, 0.05) is 55.7 Å². The minimum absolute atomic E-state index is 0. The van der Waals surface area contributed by atoms with Crippen molar-refractivity contribution in [3.05, 3.63) is 188 Å². The van der Waals surface area contributed by atoms with Gasteiger partial charge in [0.05, 0.1) is 11.3 Å². The quantitative estimate of drug-likeness (QED) is 0.114. The van der Waals surface area contributed by atoms with E-state index in [4.69, 9.17) is 0 Å². The van der Waals surface area contributed by atoms with E-state index < -0.39 is 35.6 Å². The summed E-state index contributed by atoms with van der Waals surface area (Å²) in [4.78, 5) is 34.7. The molecule has 8 heterocycles. The Kier molecular flexibility index (Phi) is 20.2. The summed E-state index contributed by atoms with van der Waals surface area (Å²) in [6.45, 7) is 9.75. The van der Waals surface area contributed by atoms with Crippen LogP contribution in [-0.4, -0.2) is 69.0 Å². The average molecular weight is 1440 g/mol. The van der Waals surface area contributed by atoms with Gasteiger partial charge < -0.3 is 49.8 Å². The van der Waals surface area contributed by atoms with E-state index >= 15 is 0 Å². The van der Waals surface area contributed by atoms with Crippen LogP contribution in [0.4, 0.5) is 59.7 Å². The van der Waals surface area contributed by atoms with Gasteiger partial charge in [0.15, 0.2) is 5.82 Å². The maximum Gasteiger partial charge on any atom is 3.00 e. The first kappa shape index (κ1) is 61.3. The first-order chi connectivity index (χ1) is 35.8. The van der Waals surface area contributed by atoms with E-state index in [0.717, 1.165) is 17.4 Å². The molecule has 0 aliphatic carbocycles. The van der Waals surface area contributed by atoms with Crippen LogP contribution in [0, 0.1) is 43.3 Å². The monoisotopic (exact) mass is 1440 g/mol. The fraction of sp³-hybridized carbons (Fsp3) is 0.180. The van der Waals surface area contributed by atoms with Gasteiger partial charge in [-0.15, -0.1) is 47.8 Å². The molecule has 0 spiro atoms. The third kappa shape index (κ3) is 16.7. The zero-order chi connectivity index (χ0) is 55.0. The molecule has 2 aromatic carbocycles. The van der Waals surface area contributed by atoms with Crippen molar-refractivity contribution in [3.8, 4) is 45.7 Å². The molecule has 10 rings (SSSR count). The molecule has 411 valence electrons. The fourth-order valence-electron chi connectivity index (χ4n) is 6.13. The SMILES string of the molecule is CC(C)(C)c1n[c-]c(-c2cccc(-c3cc(C(F)(F)F)n[n-]3)n2)cn1.CN1C=CN(c2[c-]cc(F)cc2)[CH-]1.CN1C=CN(c2[c-]cc(F)cc2)[CH-]1.FC(F)(F)c1cnc(-c2cccc(-c3nc(C(F)(F)F)n[n-]3)n2)nc1.[Ir+3].[Ir]. The summed E-state index contributed by atoms with van der Waals surface area (Å²) in [5.74, 6) is -1.81. The average Bonchev–Trinajstić information content (AvgIpc) is 4.24. The van der Waals surface area contributed by atoms with Gasteiger partial charge >= 0.3 is 38.6 Å². The van der Waals surface area contributed by atoms with Crippen LogP contribution in [0.3, 0.4) is 0 Å². The Bertz CT molecular complexity index is 3020. The molecular formula is C50H37F11Ir2N15-4. The maximum atomic E-state index is 12.7. The van der Waals surface area contributed by atoms with Crippen LogP contribution >= 0.6 is 0 Å². The van der Waals surface area contributed by atoms with E-state index in [-0.39, 0.29) is 91.7 Å². The van der Waals surface area contributed by atoms with E-state index in [1.807, 2.05) is 92.6 Å². The third-order valence-corrected chi connectivity index (χ3v) is 9.89. The van der Waals surface area contributed by atoms with Crippen LogP contribution in [0.1, 0.15) is 43.7 Å². The number of nitrogens with zero attached hydrogens (tertiary/aromatic N) is 15. The van der Waals surface area contributed by atoms with Crippen LogP contribution in [0.25, 0.3) is 45.7 Å². The van der Waals surface area contributed by atoms with Crippen LogP contribution in [0.15, 0.2) is 122 Å². The molecule has 8 aromatic rings. The van der Waals surface area contributed by atoms with Crippen LogP contribution in [0.5, 0.6) is 0 Å². The second kappa shape index (κ2) is 25.7. The summed E-state index contributed by atoms with van der Waals surface area (Å²) in [7, 11) is 3.86. The number of aromatic nitrogens is 11. The Morgan fingerprint density at radius 3 is 1.54 bits per heavy atom. The van der Waals surface area contributed by atoms with E-state index in [2.05, 4.69) is 73.6 Å². The number of pyridine rings is 2. The first-order valence-corrected chi connectivity index (χ1v) is 21.8. The van der Waals surface area contributed by atoms with Crippen LogP contribution < -0.4 is 20.0 Å². The Hall–Kier alpha value is -7.54. The number of halogens is 11. The van der Waals surface area contributed by atoms with Crippen molar-refractivity contribution in [3.63, 3.8) is 0 Å². The summed E-state index contributed by atoms with van der Waals surface area (Å²) < 4.78 is 138. The fourth-order valence-corrected chi connectivity index (χ4v) is 6.13. The molecule has 0 fully saturated rings. The normalized spacial score (nSPS) is 13.1. The predicted octanol–water partition coefficient (Wildman–Crippen LogP) is 10.6. The van der Waals surface area contributed by atoms with Gasteiger partial charge in [0.2, 0.25) is 0 Å². The maximum absolute atomic E-state index is 12.7. The molecule has 2 aliphatic heterocycles. The number of hydrogen-bond acceptors (Lipinski definition) is 13. The summed E-state index contributed by atoms with van der Waals surface area (Å²) in [5.41, 5.74) is 0.765. The second-order valence-electron chi connectivity index (χ2n) is 16.9. The van der Waals surface area contributed by atoms with Gasteiger partial charge in [-0.05, 0) is 86.3 Å². The van der Waals surface area contributed by atoms with Gasteiger partial charge in [0.1, 0.15) is 17.2 Å². The molecule has 0 bridgehead atoms. The predicted molar refractivity (Wildman–Crippen MR) is 252 cm³/mol. The topological polar surface area (TPSA) is 157 Å². The van der Waals surface area contributed by atoms with Gasteiger partial charge in [-0.2, -0.15) is 65.0 Å². The van der Waals surface area contributed by atoms with Crippen LogP contribution in [-0.2, 0) is 64.2 Å². The molecule has 15 nitrogen and oxygen atoms in total. The zero-order valence-electron chi connectivity index (χ0n) is 40.7. The molecule has 1 radical (unpaired) electrons. The van der Waals surface area contributed by atoms with Gasteiger partial charge in [-0.3, -0.25) is 18.9 Å². The summed E-state index contributed by atoms with van der Waals surface area (Å²) in [6.07, 6.45) is -0.622. The molecule has 0 atom stereocenters. The molecule has 0 unspecified atom stereocenters. The molecule has 0 amide bonds. The first-order valence-electron chi connectivity index (χ1n) is 21.8. The summed E-state index contributed by atoms with van der Waals surface area (Å²) >= 11 is 0. The van der Waals surface area contributed by atoms with Crippen molar-refractivity contribution >= 4 is 11.4 Å². The van der Waals surface area contributed by atoms with E-state index in [9.17, 15) is 48.3 Å². The van der Waals surface area contributed by atoms with Gasteiger partial charge in [-0.25, -0.2) is 15.0 Å². The Morgan fingerprint density at radius 2 is 1.10 bits per heavy atom. The van der Waals surface area contributed by atoms with E-state index in [0.29, 0.717) is 29.5 Å².